The van der Waals surface area contributed by atoms with Crippen LogP contribution in [0.4, 0.5) is 0 Å². The molecule has 1 saturated heterocycles. The van der Waals surface area contributed by atoms with Crippen LogP contribution >= 0.6 is 23.2 Å². The summed E-state index contributed by atoms with van der Waals surface area (Å²) in [7, 11) is 0. The molecule has 1 aliphatic rings. The van der Waals surface area contributed by atoms with E-state index >= 15 is 0 Å². The molecule has 38 heavy (non-hydrogen) atoms. The number of hydrogen-bond acceptors (Lipinski definition) is 4. The standard InChI is InChI=1S/C32H33Cl2NO3/c33-28-11-8-27(31(34)19-28)22-36-16-3-17-37-29-12-9-25(10-13-29)30-14-15-35-20-32(30)38-21-23-6-7-24-4-1-2-5-26(24)18-23/h1-2,4-13,18-19,30,32,35H,3,14-17,20-22H2. The minimum absolute atomic E-state index is 0.133. The number of rotatable bonds is 11. The number of ether oxygens (including phenoxy) is 3. The van der Waals surface area contributed by atoms with Gasteiger partial charge in [-0.2, -0.15) is 0 Å². The van der Waals surface area contributed by atoms with Gasteiger partial charge in [0.05, 0.1) is 32.5 Å². The first-order valence-electron chi connectivity index (χ1n) is 13.2. The molecule has 4 aromatic rings. The van der Waals surface area contributed by atoms with Gasteiger partial charge in [0, 0.05) is 28.9 Å². The molecule has 198 valence electrons. The summed E-state index contributed by atoms with van der Waals surface area (Å²) in [5.74, 6) is 1.23. The van der Waals surface area contributed by atoms with Crippen LogP contribution in [-0.4, -0.2) is 32.4 Å². The van der Waals surface area contributed by atoms with Gasteiger partial charge in [0.1, 0.15) is 5.75 Å². The number of benzene rings is 4. The summed E-state index contributed by atoms with van der Waals surface area (Å²) >= 11 is 12.1. The summed E-state index contributed by atoms with van der Waals surface area (Å²) in [5, 5.41) is 7.26. The molecular weight excluding hydrogens is 517 g/mol. The summed E-state index contributed by atoms with van der Waals surface area (Å²) < 4.78 is 18.1. The van der Waals surface area contributed by atoms with E-state index in [-0.39, 0.29) is 6.10 Å². The Morgan fingerprint density at radius 2 is 1.66 bits per heavy atom. The molecule has 1 N–H and O–H groups in total. The summed E-state index contributed by atoms with van der Waals surface area (Å²) in [5.41, 5.74) is 3.44. The van der Waals surface area contributed by atoms with Crippen LogP contribution in [0, 0.1) is 0 Å². The van der Waals surface area contributed by atoms with Gasteiger partial charge in [-0.3, -0.25) is 0 Å². The normalized spacial score (nSPS) is 17.5. The van der Waals surface area contributed by atoms with Crippen LogP contribution in [0.5, 0.6) is 5.75 Å². The Morgan fingerprint density at radius 3 is 2.50 bits per heavy atom. The molecule has 0 saturated carbocycles. The maximum Gasteiger partial charge on any atom is 0.119 e. The highest BCUT2D eigenvalue weighted by molar-refractivity contribution is 6.35. The number of fused-ring (bicyclic) bond motifs is 1. The molecule has 2 atom stereocenters. The second-order valence-corrected chi connectivity index (χ2v) is 10.5. The number of piperidine rings is 1. The maximum absolute atomic E-state index is 6.44. The highest BCUT2D eigenvalue weighted by Gasteiger charge is 2.27. The van der Waals surface area contributed by atoms with Crippen molar-refractivity contribution in [2.24, 2.45) is 0 Å². The van der Waals surface area contributed by atoms with E-state index < -0.39 is 0 Å². The van der Waals surface area contributed by atoms with Gasteiger partial charge in [-0.15, -0.1) is 0 Å². The first-order valence-corrected chi connectivity index (χ1v) is 14.0. The van der Waals surface area contributed by atoms with Crippen LogP contribution in [0.2, 0.25) is 10.0 Å². The van der Waals surface area contributed by atoms with Crippen molar-refractivity contribution in [3.05, 3.63) is 112 Å². The van der Waals surface area contributed by atoms with Crippen LogP contribution in [0.1, 0.15) is 35.4 Å². The van der Waals surface area contributed by atoms with Gasteiger partial charge >= 0.3 is 0 Å². The largest absolute Gasteiger partial charge is 0.494 e. The second-order valence-electron chi connectivity index (χ2n) is 9.69. The fraction of sp³-hybridized carbons (Fsp3) is 0.312. The van der Waals surface area contributed by atoms with Crippen LogP contribution in [-0.2, 0) is 22.7 Å². The van der Waals surface area contributed by atoms with Gasteiger partial charge in [-0.05, 0) is 70.8 Å². The Morgan fingerprint density at radius 1 is 0.816 bits per heavy atom. The summed E-state index contributed by atoms with van der Waals surface area (Å²) in [4.78, 5) is 0. The van der Waals surface area contributed by atoms with Crippen molar-refractivity contribution in [1.82, 2.24) is 5.32 Å². The summed E-state index contributed by atoms with van der Waals surface area (Å²) in [6, 6.07) is 28.9. The molecule has 4 aromatic carbocycles. The third-order valence-corrected chi connectivity index (χ3v) is 7.57. The van der Waals surface area contributed by atoms with Gasteiger partial charge in [-0.1, -0.05) is 77.8 Å². The molecule has 4 nitrogen and oxygen atoms in total. The molecule has 0 aromatic heterocycles. The first-order chi connectivity index (χ1) is 18.7. The minimum Gasteiger partial charge on any atom is -0.494 e. The second kappa shape index (κ2) is 13.5. The molecule has 5 rings (SSSR count). The van der Waals surface area contributed by atoms with E-state index in [2.05, 4.69) is 72.0 Å². The van der Waals surface area contributed by atoms with Crippen molar-refractivity contribution < 1.29 is 14.2 Å². The quantitative estimate of drug-likeness (QED) is 0.194. The van der Waals surface area contributed by atoms with Gasteiger partial charge in [0.15, 0.2) is 0 Å². The van der Waals surface area contributed by atoms with E-state index in [0.29, 0.717) is 42.4 Å². The van der Waals surface area contributed by atoms with Crippen LogP contribution < -0.4 is 10.1 Å². The third-order valence-electron chi connectivity index (χ3n) is 6.99. The molecule has 1 heterocycles. The fourth-order valence-electron chi connectivity index (χ4n) is 4.90. The van der Waals surface area contributed by atoms with Crippen molar-refractivity contribution in [2.75, 3.05) is 26.3 Å². The predicted molar refractivity (Wildman–Crippen MR) is 155 cm³/mol. The zero-order chi connectivity index (χ0) is 26.2. The van der Waals surface area contributed by atoms with Gasteiger partial charge in [0.2, 0.25) is 0 Å². The monoisotopic (exact) mass is 549 g/mol. The zero-order valence-corrected chi connectivity index (χ0v) is 22.9. The Bertz CT molecular complexity index is 1330. The predicted octanol–water partition coefficient (Wildman–Crippen LogP) is 7.79. The Labute approximate surface area is 234 Å². The average Bonchev–Trinajstić information content (AvgIpc) is 2.95. The molecule has 0 aliphatic carbocycles. The van der Waals surface area contributed by atoms with Crippen molar-refractivity contribution in [3.8, 4) is 5.75 Å². The fourth-order valence-corrected chi connectivity index (χ4v) is 5.36. The lowest BCUT2D eigenvalue weighted by molar-refractivity contribution is 0.0106. The maximum atomic E-state index is 6.44. The molecule has 1 fully saturated rings. The van der Waals surface area contributed by atoms with E-state index in [4.69, 9.17) is 37.4 Å². The van der Waals surface area contributed by atoms with E-state index in [0.717, 1.165) is 37.2 Å². The lowest BCUT2D eigenvalue weighted by atomic mass is 9.87. The topological polar surface area (TPSA) is 39.7 Å². The lowest BCUT2D eigenvalue weighted by Gasteiger charge is -2.32. The lowest BCUT2D eigenvalue weighted by Crippen LogP contribution is -2.40. The van der Waals surface area contributed by atoms with Crippen LogP contribution in [0.25, 0.3) is 10.8 Å². The molecule has 0 radical (unpaired) electrons. The van der Waals surface area contributed by atoms with Crippen molar-refractivity contribution in [2.45, 2.75) is 38.1 Å². The Balaban J connectivity index is 1.07. The number of nitrogens with one attached hydrogen (secondary N) is 1. The van der Waals surface area contributed by atoms with Gasteiger partial charge in [0.25, 0.3) is 0 Å². The van der Waals surface area contributed by atoms with Crippen LogP contribution in [0.15, 0.2) is 84.9 Å². The zero-order valence-electron chi connectivity index (χ0n) is 21.4. The van der Waals surface area contributed by atoms with Crippen LogP contribution in [0.3, 0.4) is 0 Å². The number of hydrogen-bond donors (Lipinski definition) is 1. The third kappa shape index (κ3) is 7.28. The molecule has 1 aliphatic heterocycles. The van der Waals surface area contributed by atoms with Gasteiger partial charge < -0.3 is 19.5 Å². The van der Waals surface area contributed by atoms with Crippen molar-refractivity contribution >= 4 is 34.0 Å². The van der Waals surface area contributed by atoms with Crippen molar-refractivity contribution in [1.29, 1.82) is 0 Å². The van der Waals surface area contributed by atoms with Crippen molar-refractivity contribution in [3.63, 3.8) is 0 Å². The minimum atomic E-state index is 0.133. The molecule has 0 bridgehead atoms. The molecular formula is C32H33Cl2NO3. The van der Waals surface area contributed by atoms with E-state index in [9.17, 15) is 0 Å². The highest BCUT2D eigenvalue weighted by Crippen LogP contribution is 2.30. The van der Waals surface area contributed by atoms with E-state index in [1.165, 1.54) is 21.9 Å². The number of halogens is 2. The summed E-state index contributed by atoms with van der Waals surface area (Å²) in [6.45, 7) is 4.13. The Kier molecular flexibility index (Phi) is 9.56. The average molecular weight is 551 g/mol. The smallest absolute Gasteiger partial charge is 0.119 e. The molecule has 0 amide bonds. The SMILES string of the molecule is Clc1ccc(COCCCOc2ccc(C3CCNCC3OCc3ccc4ccccc4c3)cc2)c(Cl)c1. The molecule has 6 heteroatoms. The Hall–Kier alpha value is -2.60. The first kappa shape index (κ1) is 27.0. The van der Waals surface area contributed by atoms with E-state index in [1.807, 2.05) is 12.1 Å². The van der Waals surface area contributed by atoms with Gasteiger partial charge in [-0.25, -0.2) is 0 Å². The molecule has 0 spiro atoms. The summed E-state index contributed by atoms with van der Waals surface area (Å²) in [6.07, 6.45) is 1.98. The van der Waals surface area contributed by atoms with E-state index in [1.54, 1.807) is 6.07 Å². The highest BCUT2D eigenvalue weighted by atomic mass is 35.5. The molecule has 2 unspecified atom stereocenters.